The first-order valence-corrected chi connectivity index (χ1v) is 10.2. The van der Waals surface area contributed by atoms with Crippen molar-refractivity contribution in [2.24, 2.45) is 0 Å². The van der Waals surface area contributed by atoms with E-state index in [0.717, 1.165) is 27.9 Å². The average Bonchev–Trinajstić information content (AvgIpc) is 2.72. The van der Waals surface area contributed by atoms with Crippen LogP contribution in [-0.4, -0.2) is 15.1 Å². The SMILES string of the molecule is Cc1ccnc(NC(c2ccc(C(C)(C)C)cc2)c2ccc3cccnc3c2O)c1. The third-order valence-electron chi connectivity index (χ3n) is 5.41. The Labute approximate surface area is 177 Å². The molecule has 0 saturated heterocycles. The van der Waals surface area contributed by atoms with Crippen molar-refractivity contribution in [2.75, 3.05) is 5.32 Å². The minimum absolute atomic E-state index is 0.0779. The maximum atomic E-state index is 11.1. The first kappa shape index (κ1) is 19.9. The molecule has 152 valence electrons. The molecule has 0 spiro atoms. The molecular weight excluding hydrogens is 370 g/mol. The summed E-state index contributed by atoms with van der Waals surface area (Å²) < 4.78 is 0. The van der Waals surface area contributed by atoms with Gasteiger partial charge < -0.3 is 10.4 Å². The fourth-order valence-corrected chi connectivity index (χ4v) is 3.66. The number of hydrogen-bond acceptors (Lipinski definition) is 4. The lowest BCUT2D eigenvalue weighted by Gasteiger charge is -2.24. The molecule has 0 aliphatic heterocycles. The maximum Gasteiger partial charge on any atom is 0.147 e. The van der Waals surface area contributed by atoms with Crippen LogP contribution < -0.4 is 5.32 Å². The Kier molecular flexibility index (Phi) is 5.17. The number of aromatic hydroxyl groups is 1. The zero-order valence-electron chi connectivity index (χ0n) is 17.8. The molecule has 2 aromatic carbocycles. The highest BCUT2D eigenvalue weighted by Crippen LogP contribution is 2.37. The Balaban J connectivity index is 1.82. The molecule has 0 aliphatic rings. The van der Waals surface area contributed by atoms with Crippen molar-refractivity contribution in [1.82, 2.24) is 9.97 Å². The van der Waals surface area contributed by atoms with Gasteiger partial charge in [0.05, 0.1) is 6.04 Å². The lowest BCUT2D eigenvalue weighted by molar-refractivity contribution is 0.471. The highest BCUT2D eigenvalue weighted by molar-refractivity contribution is 5.86. The van der Waals surface area contributed by atoms with Crippen molar-refractivity contribution >= 4 is 16.7 Å². The van der Waals surface area contributed by atoms with E-state index in [1.807, 2.05) is 43.3 Å². The quantitative estimate of drug-likeness (QED) is 0.434. The van der Waals surface area contributed by atoms with E-state index >= 15 is 0 Å². The molecule has 1 atom stereocenters. The smallest absolute Gasteiger partial charge is 0.147 e. The average molecular weight is 398 g/mol. The van der Waals surface area contributed by atoms with Gasteiger partial charge in [-0.25, -0.2) is 4.98 Å². The van der Waals surface area contributed by atoms with Gasteiger partial charge in [0.15, 0.2) is 0 Å². The molecule has 2 N–H and O–H groups in total. The van der Waals surface area contributed by atoms with Crippen molar-refractivity contribution in [1.29, 1.82) is 0 Å². The molecule has 4 heteroatoms. The third kappa shape index (κ3) is 3.99. The van der Waals surface area contributed by atoms with Gasteiger partial charge in [0, 0.05) is 23.3 Å². The van der Waals surface area contributed by atoms with Crippen LogP contribution in [-0.2, 0) is 5.41 Å². The fraction of sp³-hybridized carbons (Fsp3) is 0.231. The van der Waals surface area contributed by atoms with Gasteiger partial charge in [-0.15, -0.1) is 0 Å². The van der Waals surface area contributed by atoms with Gasteiger partial charge in [0.25, 0.3) is 0 Å². The van der Waals surface area contributed by atoms with Crippen molar-refractivity contribution in [2.45, 2.75) is 39.2 Å². The molecule has 0 radical (unpaired) electrons. The molecule has 4 rings (SSSR count). The summed E-state index contributed by atoms with van der Waals surface area (Å²) in [6, 6.07) is 20.1. The van der Waals surface area contributed by atoms with E-state index in [9.17, 15) is 5.11 Å². The molecule has 0 fully saturated rings. The second-order valence-corrected chi connectivity index (χ2v) is 8.75. The predicted octanol–water partition coefficient (Wildman–Crippen LogP) is 6.14. The molecule has 0 bridgehead atoms. The van der Waals surface area contributed by atoms with Gasteiger partial charge in [-0.2, -0.15) is 0 Å². The van der Waals surface area contributed by atoms with Gasteiger partial charge in [-0.1, -0.05) is 63.2 Å². The lowest BCUT2D eigenvalue weighted by Crippen LogP contribution is -2.15. The van der Waals surface area contributed by atoms with Gasteiger partial charge in [0.1, 0.15) is 17.1 Å². The van der Waals surface area contributed by atoms with Gasteiger partial charge in [0.2, 0.25) is 0 Å². The van der Waals surface area contributed by atoms with Crippen molar-refractivity contribution in [3.63, 3.8) is 0 Å². The number of benzene rings is 2. The molecular formula is C26H27N3O. The summed E-state index contributed by atoms with van der Waals surface area (Å²) in [4.78, 5) is 8.86. The number of anilines is 1. The molecule has 0 aliphatic carbocycles. The van der Waals surface area contributed by atoms with E-state index in [1.54, 1.807) is 12.4 Å². The minimum atomic E-state index is -0.264. The summed E-state index contributed by atoms with van der Waals surface area (Å²) in [5.41, 5.74) is 4.89. The summed E-state index contributed by atoms with van der Waals surface area (Å²) in [7, 11) is 0. The number of phenolic OH excluding ortho intramolecular Hbond substituents is 1. The van der Waals surface area contributed by atoms with Crippen LogP contribution in [0.15, 0.2) is 73.1 Å². The van der Waals surface area contributed by atoms with E-state index < -0.39 is 0 Å². The summed E-state index contributed by atoms with van der Waals surface area (Å²) in [5, 5.41) is 15.5. The Morgan fingerprint density at radius 2 is 1.67 bits per heavy atom. The molecule has 2 heterocycles. The molecule has 30 heavy (non-hydrogen) atoms. The number of fused-ring (bicyclic) bond motifs is 1. The van der Waals surface area contributed by atoms with Crippen LogP contribution in [0.25, 0.3) is 10.9 Å². The zero-order chi connectivity index (χ0) is 21.3. The van der Waals surface area contributed by atoms with Crippen molar-refractivity contribution in [3.8, 4) is 5.75 Å². The van der Waals surface area contributed by atoms with E-state index in [-0.39, 0.29) is 17.2 Å². The molecule has 4 aromatic rings. The molecule has 2 aromatic heterocycles. The number of pyridine rings is 2. The minimum Gasteiger partial charge on any atom is -0.505 e. The van der Waals surface area contributed by atoms with Crippen molar-refractivity contribution in [3.05, 3.63) is 95.3 Å². The number of nitrogens with zero attached hydrogens (tertiary/aromatic N) is 2. The van der Waals surface area contributed by atoms with Gasteiger partial charge >= 0.3 is 0 Å². The Morgan fingerprint density at radius 3 is 2.37 bits per heavy atom. The van der Waals surface area contributed by atoms with E-state index in [2.05, 4.69) is 60.3 Å². The predicted molar refractivity (Wildman–Crippen MR) is 123 cm³/mol. The Hall–Kier alpha value is -3.40. The van der Waals surface area contributed by atoms with E-state index in [1.165, 1.54) is 5.56 Å². The van der Waals surface area contributed by atoms with E-state index in [0.29, 0.717) is 5.52 Å². The number of hydrogen-bond donors (Lipinski definition) is 2. The third-order valence-corrected chi connectivity index (χ3v) is 5.41. The van der Waals surface area contributed by atoms with Crippen LogP contribution in [0.4, 0.5) is 5.82 Å². The monoisotopic (exact) mass is 397 g/mol. The van der Waals surface area contributed by atoms with Gasteiger partial charge in [-0.3, -0.25) is 4.98 Å². The number of rotatable bonds is 4. The molecule has 1 unspecified atom stereocenters. The second-order valence-electron chi connectivity index (χ2n) is 8.75. The zero-order valence-corrected chi connectivity index (χ0v) is 17.8. The van der Waals surface area contributed by atoms with Crippen LogP contribution in [0.2, 0.25) is 0 Å². The normalized spacial score (nSPS) is 12.7. The highest BCUT2D eigenvalue weighted by Gasteiger charge is 2.21. The van der Waals surface area contributed by atoms with E-state index in [4.69, 9.17) is 0 Å². The lowest BCUT2D eigenvalue weighted by atomic mass is 9.85. The molecule has 4 nitrogen and oxygen atoms in total. The topological polar surface area (TPSA) is 58.0 Å². The van der Waals surface area contributed by atoms with Crippen LogP contribution in [0, 0.1) is 6.92 Å². The first-order chi connectivity index (χ1) is 14.3. The number of phenols is 1. The standard InChI is InChI=1S/C26H27N3O/c1-17-13-15-27-22(16-17)29-23(19-7-10-20(11-8-19)26(2,3)4)21-12-9-18-6-5-14-28-24(18)25(21)30/h5-16,23,30H,1-4H3,(H,27,29). The van der Waals surface area contributed by atoms with Crippen LogP contribution in [0.1, 0.15) is 49.1 Å². The van der Waals surface area contributed by atoms with Crippen LogP contribution >= 0.6 is 0 Å². The van der Waals surface area contributed by atoms with Crippen LogP contribution in [0.3, 0.4) is 0 Å². The van der Waals surface area contributed by atoms with Gasteiger partial charge in [-0.05, 0) is 47.2 Å². The second kappa shape index (κ2) is 7.79. The maximum absolute atomic E-state index is 11.1. The Morgan fingerprint density at radius 1 is 0.900 bits per heavy atom. The summed E-state index contributed by atoms with van der Waals surface area (Å²) >= 11 is 0. The fourth-order valence-electron chi connectivity index (χ4n) is 3.66. The summed E-state index contributed by atoms with van der Waals surface area (Å²) in [6.07, 6.45) is 3.49. The number of aromatic nitrogens is 2. The molecule has 0 saturated carbocycles. The summed E-state index contributed by atoms with van der Waals surface area (Å²) in [6.45, 7) is 8.65. The Bertz CT molecular complexity index is 1180. The largest absolute Gasteiger partial charge is 0.505 e. The number of aryl methyl sites for hydroxylation is 1. The van der Waals surface area contributed by atoms with Crippen LogP contribution in [0.5, 0.6) is 5.75 Å². The number of nitrogens with one attached hydrogen (secondary N) is 1. The molecule has 0 amide bonds. The van der Waals surface area contributed by atoms with Crippen molar-refractivity contribution < 1.29 is 5.11 Å². The highest BCUT2D eigenvalue weighted by atomic mass is 16.3. The first-order valence-electron chi connectivity index (χ1n) is 10.2. The summed E-state index contributed by atoms with van der Waals surface area (Å²) in [5.74, 6) is 0.957.